The summed E-state index contributed by atoms with van der Waals surface area (Å²) in [5.41, 5.74) is 1.43. The molecule has 0 saturated heterocycles. The van der Waals surface area contributed by atoms with Crippen LogP contribution in [0.4, 0.5) is 0 Å². The molecule has 0 aliphatic carbocycles. The van der Waals surface area contributed by atoms with Crippen LogP contribution >= 0.6 is 0 Å². The molecule has 0 radical (unpaired) electrons. The minimum atomic E-state index is -0.177. The van der Waals surface area contributed by atoms with Crippen LogP contribution in [0.3, 0.4) is 0 Å². The molecule has 6 nitrogen and oxygen atoms in total. The monoisotopic (exact) mass is 275 g/mol. The van der Waals surface area contributed by atoms with Gasteiger partial charge in [0.2, 0.25) is 0 Å². The standard InChI is InChI=1S/C14H17N3O3/c1-19-11-3-4-13(20-2)10(7-11)5-6-16-14(18)12-8-15-9-17-12/h3-4,7-9H,5-6H2,1-2H3,(H,15,17)(H,16,18). The zero-order valence-corrected chi connectivity index (χ0v) is 11.5. The van der Waals surface area contributed by atoms with Gasteiger partial charge in [-0.3, -0.25) is 4.79 Å². The number of nitrogens with one attached hydrogen (secondary N) is 2. The van der Waals surface area contributed by atoms with E-state index < -0.39 is 0 Å². The highest BCUT2D eigenvalue weighted by Crippen LogP contribution is 2.24. The van der Waals surface area contributed by atoms with E-state index in [4.69, 9.17) is 9.47 Å². The molecular formula is C14H17N3O3. The van der Waals surface area contributed by atoms with Crippen LogP contribution in [0.5, 0.6) is 11.5 Å². The SMILES string of the molecule is COc1ccc(OC)c(CCNC(=O)c2cnc[nH]2)c1. The number of benzene rings is 1. The first-order chi connectivity index (χ1) is 9.74. The van der Waals surface area contributed by atoms with Gasteiger partial charge >= 0.3 is 0 Å². The van der Waals surface area contributed by atoms with Crippen LogP contribution in [0, 0.1) is 0 Å². The van der Waals surface area contributed by atoms with Gasteiger partial charge in [0.15, 0.2) is 0 Å². The first-order valence-electron chi connectivity index (χ1n) is 6.22. The molecule has 0 bridgehead atoms. The number of methoxy groups -OCH3 is 2. The number of ether oxygens (including phenoxy) is 2. The van der Waals surface area contributed by atoms with Crippen LogP contribution in [-0.4, -0.2) is 36.6 Å². The number of hydrogen-bond acceptors (Lipinski definition) is 4. The normalized spacial score (nSPS) is 10.1. The maximum absolute atomic E-state index is 11.7. The summed E-state index contributed by atoms with van der Waals surface area (Å²) in [4.78, 5) is 18.3. The van der Waals surface area contributed by atoms with E-state index in [1.165, 1.54) is 12.5 Å². The maximum Gasteiger partial charge on any atom is 0.269 e. The summed E-state index contributed by atoms with van der Waals surface area (Å²) in [6, 6.07) is 5.59. The molecule has 2 N–H and O–H groups in total. The summed E-state index contributed by atoms with van der Waals surface area (Å²) in [5, 5.41) is 2.82. The van der Waals surface area contributed by atoms with Gasteiger partial charge in [0, 0.05) is 6.54 Å². The molecule has 0 unspecified atom stereocenters. The fourth-order valence-electron chi connectivity index (χ4n) is 1.86. The van der Waals surface area contributed by atoms with Crippen molar-refractivity contribution in [3.8, 4) is 11.5 Å². The smallest absolute Gasteiger partial charge is 0.269 e. The minimum absolute atomic E-state index is 0.177. The molecule has 1 aromatic heterocycles. The van der Waals surface area contributed by atoms with Crippen molar-refractivity contribution in [3.05, 3.63) is 42.0 Å². The lowest BCUT2D eigenvalue weighted by Gasteiger charge is -2.10. The van der Waals surface area contributed by atoms with E-state index in [1.807, 2.05) is 18.2 Å². The largest absolute Gasteiger partial charge is 0.497 e. The predicted molar refractivity (Wildman–Crippen MR) is 74.2 cm³/mol. The van der Waals surface area contributed by atoms with E-state index in [-0.39, 0.29) is 5.91 Å². The number of imidazole rings is 1. The Labute approximate surface area is 117 Å². The first-order valence-corrected chi connectivity index (χ1v) is 6.22. The Bertz CT molecular complexity index is 567. The minimum Gasteiger partial charge on any atom is -0.497 e. The number of aromatic amines is 1. The maximum atomic E-state index is 11.7. The molecular weight excluding hydrogens is 258 g/mol. The molecule has 0 saturated carbocycles. The number of carbonyl (C=O) groups is 1. The quantitative estimate of drug-likeness (QED) is 0.835. The third-order valence-electron chi connectivity index (χ3n) is 2.91. The molecule has 1 aromatic carbocycles. The van der Waals surface area contributed by atoms with E-state index in [0.29, 0.717) is 18.7 Å². The third kappa shape index (κ3) is 3.28. The van der Waals surface area contributed by atoms with Crippen molar-refractivity contribution in [2.45, 2.75) is 6.42 Å². The van der Waals surface area contributed by atoms with Gasteiger partial charge in [-0.2, -0.15) is 0 Å². The predicted octanol–water partition coefficient (Wildman–Crippen LogP) is 1.40. The summed E-state index contributed by atoms with van der Waals surface area (Å²) < 4.78 is 10.5. The molecule has 2 aromatic rings. The van der Waals surface area contributed by atoms with E-state index in [0.717, 1.165) is 17.1 Å². The van der Waals surface area contributed by atoms with E-state index >= 15 is 0 Å². The molecule has 1 heterocycles. The Morgan fingerprint density at radius 1 is 1.35 bits per heavy atom. The molecule has 0 atom stereocenters. The second-order valence-corrected chi connectivity index (χ2v) is 4.15. The number of amides is 1. The number of rotatable bonds is 6. The van der Waals surface area contributed by atoms with Crippen LogP contribution in [0.15, 0.2) is 30.7 Å². The van der Waals surface area contributed by atoms with Gasteiger partial charge in [-0.1, -0.05) is 0 Å². The van der Waals surface area contributed by atoms with Gasteiger partial charge in [-0.15, -0.1) is 0 Å². The second-order valence-electron chi connectivity index (χ2n) is 4.15. The van der Waals surface area contributed by atoms with Gasteiger partial charge < -0.3 is 19.8 Å². The molecule has 2 rings (SSSR count). The number of hydrogen-bond donors (Lipinski definition) is 2. The number of H-pyrrole nitrogens is 1. The van der Waals surface area contributed by atoms with Gasteiger partial charge in [0.05, 0.1) is 26.7 Å². The first kappa shape index (κ1) is 13.9. The molecule has 1 amide bonds. The zero-order chi connectivity index (χ0) is 14.4. The number of nitrogens with zero attached hydrogens (tertiary/aromatic N) is 1. The highest BCUT2D eigenvalue weighted by molar-refractivity contribution is 5.91. The Morgan fingerprint density at radius 2 is 2.20 bits per heavy atom. The molecule has 0 fully saturated rings. The molecule has 0 aliphatic rings. The van der Waals surface area contributed by atoms with Crippen molar-refractivity contribution in [2.75, 3.05) is 20.8 Å². The third-order valence-corrected chi connectivity index (χ3v) is 2.91. The van der Waals surface area contributed by atoms with Crippen LogP contribution in [-0.2, 0) is 6.42 Å². The lowest BCUT2D eigenvalue weighted by molar-refractivity contribution is 0.0949. The van der Waals surface area contributed by atoms with Crippen LogP contribution < -0.4 is 14.8 Å². The van der Waals surface area contributed by atoms with Gasteiger partial charge in [0.1, 0.15) is 17.2 Å². The van der Waals surface area contributed by atoms with Crippen molar-refractivity contribution in [3.63, 3.8) is 0 Å². The van der Waals surface area contributed by atoms with E-state index in [9.17, 15) is 4.79 Å². The van der Waals surface area contributed by atoms with Crippen molar-refractivity contribution in [1.29, 1.82) is 0 Å². The molecule has 6 heteroatoms. The summed E-state index contributed by atoms with van der Waals surface area (Å²) in [5.74, 6) is 1.37. The van der Waals surface area contributed by atoms with E-state index in [2.05, 4.69) is 15.3 Å². The lowest BCUT2D eigenvalue weighted by atomic mass is 10.1. The Balaban J connectivity index is 1.95. The summed E-state index contributed by atoms with van der Waals surface area (Å²) >= 11 is 0. The number of aromatic nitrogens is 2. The van der Waals surface area contributed by atoms with Crippen molar-refractivity contribution >= 4 is 5.91 Å². The summed E-state index contributed by atoms with van der Waals surface area (Å²) in [7, 11) is 3.24. The molecule has 20 heavy (non-hydrogen) atoms. The fraction of sp³-hybridized carbons (Fsp3) is 0.286. The molecule has 0 spiro atoms. The topological polar surface area (TPSA) is 76.2 Å². The average Bonchev–Trinajstić information content (AvgIpc) is 3.01. The lowest BCUT2D eigenvalue weighted by Crippen LogP contribution is -2.26. The highest BCUT2D eigenvalue weighted by atomic mass is 16.5. The van der Waals surface area contributed by atoms with Crippen LogP contribution in [0.1, 0.15) is 16.1 Å². The summed E-state index contributed by atoms with van der Waals surface area (Å²) in [6.45, 7) is 0.501. The fourth-order valence-corrected chi connectivity index (χ4v) is 1.86. The zero-order valence-electron chi connectivity index (χ0n) is 11.5. The van der Waals surface area contributed by atoms with Gasteiger partial charge in [-0.25, -0.2) is 4.98 Å². The van der Waals surface area contributed by atoms with Crippen LogP contribution in [0.25, 0.3) is 0 Å². The Morgan fingerprint density at radius 3 is 2.85 bits per heavy atom. The second kappa shape index (κ2) is 6.60. The Hall–Kier alpha value is -2.50. The van der Waals surface area contributed by atoms with Crippen molar-refractivity contribution in [2.24, 2.45) is 0 Å². The van der Waals surface area contributed by atoms with Gasteiger partial charge in [0.25, 0.3) is 5.91 Å². The van der Waals surface area contributed by atoms with E-state index in [1.54, 1.807) is 14.2 Å². The van der Waals surface area contributed by atoms with Crippen molar-refractivity contribution < 1.29 is 14.3 Å². The molecule has 106 valence electrons. The summed E-state index contributed by atoms with van der Waals surface area (Å²) in [6.07, 6.45) is 3.61. The molecule has 0 aliphatic heterocycles. The van der Waals surface area contributed by atoms with Gasteiger partial charge in [-0.05, 0) is 30.2 Å². The average molecular weight is 275 g/mol. The Kier molecular flexibility index (Phi) is 4.60. The number of carbonyl (C=O) groups excluding carboxylic acids is 1. The highest BCUT2D eigenvalue weighted by Gasteiger charge is 2.08. The van der Waals surface area contributed by atoms with Crippen LogP contribution in [0.2, 0.25) is 0 Å². The van der Waals surface area contributed by atoms with Crippen molar-refractivity contribution in [1.82, 2.24) is 15.3 Å².